The van der Waals surface area contributed by atoms with Gasteiger partial charge in [0.2, 0.25) is 0 Å². The summed E-state index contributed by atoms with van der Waals surface area (Å²) in [5.74, 6) is -1.32. The summed E-state index contributed by atoms with van der Waals surface area (Å²) in [6.07, 6.45) is 1.33. The SMILES string of the molecule is O=C(CNC(=O)c1cccc(Cl)c1)NN=Cc1cc(Br)ccc1OC(=O)c1ccc(Cl)cc1. The third kappa shape index (κ3) is 7.42. The Morgan fingerprint density at radius 2 is 1.70 bits per heavy atom. The molecule has 3 aromatic carbocycles. The van der Waals surface area contributed by atoms with Crippen LogP contribution < -0.4 is 15.5 Å². The third-order valence-electron chi connectivity index (χ3n) is 4.14. The number of rotatable bonds is 7. The van der Waals surface area contributed by atoms with Gasteiger partial charge in [-0.25, -0.2) is 10.2 Å². The second-order valence-electron chi connectivity index (χ2n) is 6.56. The maximum atomic E-state index is 12.4. The number of esters is 1. The molecular formula is C23H16BrCl2N3O4. The Bertz CT molecular complexity index is 1220. The zero-order valence-electron chi connectivity index (χ0n) is 16.8. The van der Waals surface area contributed by atoms with E-state index in [2.05, 4.69) is 31.8 Å². The first-order chi connectivity index (χ1) is 15.8. The Morgan fingerprint density at radius 1 is 0.939 bits per heavy atom. The van der Waals surface area contributed by atoms with Crippen LogP contribution in [0.2, 0.25) is 10.0 Å². The van der Waals surface area contributed by atoms with Crippen LogP contribution in [0.25, 0.3) is 0 Å². The molecule has 0 spiro atoms. The van der Waals surface area contributed by atoms with E-state index in [1.807, 2.05) is 0 Å². The summed E-state index contributed by atoms with van der Waals surface area (Å²) in [5.41, 5.74) is 3.41. The molecule has 0 heterocycles. The molecule has 3 rings (SSSR count). The molecule has 0 saturated carbocycles. The lowest BCUT2D eigenvalue weighted by Crippen LogP contribution is -2.34. The van der Waals surface area contributed by atoms with Gasteiger partial charge in [-0.1, -0.05) is 45.2 Å². The van der Waals surface area contributed by atoms with Crippen molar-refractivity contribution in [1.82, 2.24) is 10.7 Å². The zero-order valence-corrected chi connectivity index (χ0v) is 19.9. The Kier molecular flexibility index (Phi) is 8.59. The van der Waals surface area contributed by atoms with Gasteiger partial charge in [-0.05, 0) is 60.7 Å². The predicted octanol–water partition coefficient (Wildman–Crippen LogP) is 4.86. The molecular weight excluding hydrogens is 533 g/mol. The van der Waals surface area contributed by atoms with Gasteiger partial charge >= 0.3 is 5.97 Å². The lowest BCUT2D eigenvalue weighted by atomic mass is 10.2. The molecule has 0 unspecified atom stereocenters. The molecule has 0 radical (unpaired) electrons. The Balaban J connectivity index is 1.59. The molecule has 168 valence electrons. The zero-order chi connectivity index (χ0) is 23.8. The number of benzene rings is 3. The maximum absolute atomic E-state index is 12.4. The number of hydrazone groups is 1. The summed E-state index contributed by atoms with van der Waals surface area (Å²) in [5, 5.41) is 7.26. The van der Waals surface area contributed by atoms with E-state index in [4.69, 9.17) is 27.9 Å². The van der Waals surface area contributed by atoms with Crippen LogP contribution in [0, 0.1) is 0 Å². The van der Waals surface area contributed by atoms with E-state index in [-0.39, 0.29) is 12.3 Å². The molecule has 0 bridgehead atoms. The van der Waals surface area contributed by atoms with E-state index in [0.29, 0.717) is 26.7 Å². The molecule has 2 N–H and O–H groups in total. The van der Waals surface area contributed by atoms with Gasteiger partial charge in [-0.3, -0.25) is 9.59 Å². The number of hydrogen-bond donors (Lipinski definition) is 2. The van der Waals surface area contributed by atoms with E-state index in [1.165, 1.54) is 12.3 Å². The van der Waals surface area contributed by atoms with Gasteiger partial charge in [0.25, 0.3) is 11.8 Å². The van der Waals surface area contributed by atoms with Crippen molar-refractivity contribution in [3.8, 4) is 5.75 Å². The van der Waals surface area contributed by atoms with Crippen molar-refractivity contribution in [2.24, 2.45) is 5.10 Å². The molecule has 7 nitrogen and oxygen atoms in total. The van der Waals surface area contributed by atoms with Crippen molar-refractivity contribution in [3.63, 3.8) is 0 Å². The van der Waals surface area contributed by atoms with Crippen LogP contribution in [0.4, 0.5) is 0 Å². The average Bonchev–Trinajstić information content (AvgIpc) is 2.79. The smallest absolute Gasteiger partial charge is 0.343 e. The lowest BCUT2D eigenvalue weighted by molar-refractivity contribution is -0.120. The minimum atomic E-state index is -0.573. The molecule has 0 saturated heterocycles. The molecule has 10 heteroatoms. The minimum absolute atomic E-state index is 0.241. The van der Waals surface area contributed by atoms with Gasteiger partial charge in [0.15, 0.2) is 0 Å². The van der Waals surface area contributed by atoms with Gasteiger partial charge in [0, 0.05) is 25.6 Å². The number of nitrogens with zero attached hydrogens (tertiary/aromatic N) is 1. The first-order valence-corrected chi connectivity index (χ1v) is 11.0. The van der Waals surface area contributed by atoms with Crippen LogP contribution >= 0.6 is 39.1 Å². The van der Waals surface area contributed by atoms with Crippen molar-refractivity contribution in [1.29, 1.82) is 0 Å². The fourth-order valence-corrected chi connectivity index (χ4v) is 3.26. The number of carbonyl (C=O) groups excluding carboxylic acids is 3. The van der Waals surface area contributed by atoms with E-state index in [1.54, 1.807) is 60.7 Å². The molecule has 2 amide bonds. The topological polar surface area (TPSA) is 96.9 Å². The van der Waals surface area contributed by atoms with Gasteiger partial charge in [-0.2, -0.15) is 5.10 Å². The highest BCUT2D eigenvalue weighted by molar-refractivity contribution is 9.10. The summed E-state index contributed by atoms with van der Waals surface area (Å²) in [6, 6.07) is 17.6. The third-order valence-corrected chi connectivity index (χ3v) is 5.12. The van der Waals surface area contributed by atoms with E-state index >= 15 is 0 Å². The first kappa shape index (κ1) is 24.4. The Morgan fingerprint density at radius 3 is 2.42 bits per heavy atom. The molecule has 0 aliphatic rings. The summed E-state index contributed by atoms with van der Waals surface area (Å²) >= 11 is 15.0. The Hall–Kier alpha value is -3.20. The predicted molar refractivity (Wildman–Crippen MR) is 130 cm³/mol. The fourth-order valence-electron chi connectivity index (χ4n) is 2.56. The lowest BCUT2D eigenvalue weighted by Gasteiger charge is -2.08. The summed E-state index contributed by atoms with van der Waals surface area (Å²) in [4.78, 5) is 36.5. The van der Waals surface area contributed by atoms with Crippen molar-refractivity contribution >= 4 is 63.1 Å². The highest BCUT2D eigenvalue weighted by Gasteiger charge is 2.12. The summed E-state index contributed by atoms with van der Waals surface area (Å²) in [7, 11) is 0. The number of ether oxygens (including phenoxy) is 1. The average molecular weight is 549 g/mol. The largest absolute Gasteiger partial charge is 0.422 e. The fraction of sp³-hybridized carbons (Fsp3) is 0.0435. The van der Waals surface area contributed by atoms with Crippen LogP contribution in [-0.2, 0) is 4.79 Å². The van der Waals surface area contributed by atoms with E-state index in [0.717, 1.165) is 4.47 Å². The van der Waals surface area contributed by atoms with E-state index in [9.17, 15) is 14.4 Å². The first-order valence-electron chi connectivity index (χ1n) is 9.45. The number of amides is 2. The van der Waals surface area contributed by atoms with Crippen LogP contribution in [0.1, 0.15) is 26.3 Å². The van der Waals surface area contributed by atoms with Crippen molar-refractivity contribution in [3.05, 3.63) is 97.9 Å². The monoisotopic (exact) mass is 547 g/mol. The normalized spacial score (nSPS) is 10.6. The van der Waals surface area contributed by atoms with Crippen LogP contribution in [0.15, 0.2) is 76.3 Å². The molecule has 0 atom stereocenters. The van der Waals surface area contributed by atoms with Crippen molar-refractivity contribution < 1.29 is 19.1 Å². The molecule has 0 fully saturated rings. The summed E-state index contributed by atoms with van der Waals surface area (Å²) < 4.78 is 6.16. The highest BCUT2D eigenvalue weighted by atomic mass is 79.9. The van der Waals surface area contributed by atoms with Crippen molar-refractivity contribution in [2.75, 3.05) is 6.54 Å². The Labute approximate surface area is 207 Å². The molecule has 3 aromatic rings. The maximum Gasteiger partial charge on any atom is 0.343 e. The number of carbonyl (C=O) groups is 3. The molecule has 0 aromatic heterocycles. The standard InChI is InChI=1S/C23H16BrCl2N3O4/c24-17-6-9-20(33-23(32)14-4-7-18(25)8-5-14)16(10-17)12-28-29-21(30)13-27-22(31)15-2-1-3-19(26)11-15/h1-12H,13H2,(H,27,31)(H,29,30). The van der Waals surface area contributed by atoms with Crippen LogP contribution in [0.5, 0.6) is 5.75 Å². The second-order valence-corrected chi connectivity index (χ2v) is 8.35. The molecule has 33 heavy (non-hydrogen) atoms. The van der Waals surface area contributed by atoms with Gasteiger partial charge in [0.1, 0.15) is 5.75 Å². The number of nitrogens with one attached hydrogen (secondary N) is 2. The molecule has 0 aliphatic heterocycles. The van der Waals surface area contributed by atoms with Crippen molar-refractivity contribution in [2.45, 2.75) is 0 Å². The van der Waals surface area contributed by atoms with E-state index < -0.39 is 17.8 Å². The van der Waals surface area contributed by atoms with Gasteiger partial charge in [0.05, 0.1) is 18.3 Å². The van der Waals surface area contributed by atoms with Crippen LogP contribution in [-0.4, -0.2) is 30.5 Å². The summed E-state index contributed by atoms with van der Waals surface area (Å²) in [6.45, 7) is -0.292. The van der Waals surface area contributed by atoms with Crippen LogP contribution in [0.3, 0.4) is 0 Å². The quantitative estimate of drug-likeness (QED) is 0.191. The second kappa shape index (κ2) is 11.6. The van der Waals surface area contributed by atoms with Gasteiger partial charge in [-0.15, -0.1) is 0 Å². The van der Waals surface area contributed by atoms with Gasteiger partial charge < -0.3 is 10.1 Å². The number of hydrogen-bond acceptors (Lipinski definition) is 5. The highest BCUT2D eigenvalue weighted by Crippen LogP contribution is 2.23. The number of halogens is 3. The molecule has 0 aliphatic carbocycles. The minimum Gasteiger partial charge on any atom is -0.422 e.